The van der Waals surface area contributed by atoms with E-state index in [1.165, 1.54) is 0 Å². The Labute approximate surface area is 136 Å². The minimum Gasteiger partial charge on any atom is -0.450 e. The van der Waals surface area contributed by atoms with Gasteiger partial charge in [-0.25, -0.2) is 4.79 Å². The average Bonchev–Trinajstić information content (AvgIpc) is 2.57. The highest BCUT2D eigenvalue weighted by Gasteiger charge is 2.23. The Morgan fingerprint density at radius 1 is 1.48 bits per heavy atom. The number of ether oxygens (including phenoxy) is 1. The molecule has 0 saturated carbocycles. The summed E-state index contributed by atoms with van der Waals surface area (Å²) < 4.78 is 5.01. The molecule has 23 heavy (non-hydrogen) atoms. The van der Waals surface area contributed by atoms with Crippen LogP contribution in [-0.2, 0) is 11.2 Å². The zero-order chi connectivity index (χ0) is 16.5. The Morgan fingerprint density at radius 2 is 2.26 bits per heavy atom. The van der Waals surface area contributed by atoms with E-state index in [1.54, 1.807) is 11.1 Å². The molecule has 0 spiro atoms. The molecule has 2 heterocycles. The molecule has 0 aliphatic carbocycles. The standard InChI is InChI=1S/C16H25N5O2/c1-2-23-16(22)21-11-7-14(8-12-21)20-15(17)19-10-6-13-5-3-4-9-18-13/h3-5,9,14H,2,6-8,10-12H2,1H3,(H3,17,19,20). The van der Waals surface area contributed by atoms with Crippen LogP contribution in [0.1, 0.15) is 25.5 Å². The first-order valence-electron chi connectivity index (χ1n) is 8.07. The van der Waals surface area contributed by atoms with E-state index >= 15 is 0 Å². The van der Waals surface area contributed by atoms with Crippen molar-refractivity contribution in [2.45, 2.75) is 32.2 Å². The van der Waals surface area contributed by atoms with Crippen LogP contribution in [0.25, 0.3) is 0 Å². The van der Waals surface area contributed by atoms with Gasteiger partial charge in [-0.05, 0) is 31.9 Å². The molecule has 0 bridgehead atoms. The molecule has 126 valence electrons. The summed E-state index contributed by atoms with van der Waals surface area (Å²) in [6.07, 6.45) is 4.00. The quantitative estimate of drug-likeness (QED) is 0.627. The van der Waals surface area contributed by atoms with Crippen molar-refractivity contribution in [1.82, 2.24) is 15.2 Å². The summed E-state index contributed by atoms with van der Waals surface area (Å²) in [4.78, 5) is 22.0. The lowest BCUT2D eigenvalue weighted by Gasteiger charge is -2.31. The highest BCUT2D eigenvalue weighted by Crippen LogP contribution is 2.11. The second-order valence-electron chi connectivity index (χ2n) is 5.44. The highest BCUT2D eigenvalue weighted by atomic mass is 16.6. The number of hydrogen-bond donors (Lipinski definition) is 2. The molecule has 1 aliphatic rings. The second-order valence-corrected chi connectivity index (χ2v) is 5.44. The van der Waals surface area contributed by atoms with Crippen LogP contribution in [0.3, 0.4) is 0 Å². The van der Waals surface area contributed by atoms with E-state index in [-0.39, 0.29) is 12.1 Å². The van der Waals surface area contributed by atoms with Gasteiger partial charge in [0.15, 0.2) is 5.96 Å². The largest absolute Gasteiger partial charge is 0.450 e. The molecule has 0 atom stereocenters. The van der Waals surface area contributed by atoms with Crippen LogP contribution in [-0.4, -0.2) is 54.2 Å². The first-order chi connectivity index (χ1) is 11.2. The van der Waals surface area contributed by atoms with E-state index in [9.17, 15) is 4.79 Å². The molecule has 1 saturated heterocycles. The van der Waals surface area contributed by atoms with Crippen LogP contribution in [0.2, 0.25) is 0 Å². The van der Waals surface area contributed by atoms with Gasteiger partial charge in [-0.1, -0.05) is 6.07 Å². The number of nitrogens with one attached hydrogen (secondary N) is 1. The summed E-state index contributed by atoms with van der Waals surface area (Å²) >= 11 is 0. The van der Waals surface area contributed by atoms with E-state index in [0.717, 1.165) is 25.0 Å². The molecule has 1 aliphatic heterocycles. The topological polar surface area (TPSA) is 92.8 Å². The number of rotatable bonds is 5. The van der Waals surface area contributed by atoms with Crippen molar-refractivity contribution in [1.29, 1.82) is 0 Å². The first kappa shape index (κ1) is 17.1. The van der Waals surface area contributed by atoms with Gasteiger partial charge in [-0.15, -0.1) is 0 Å². The average molecular weight is 319 g/mol. The third-order valence-corrected chi connectivity index (χ3v) is 3.75. The van der Waals surface area contributed by atoms with Crippen LogP contribution in [0, 0.1) is 0 Å². The zero-order valence-corrected chi connectivity index (χ0v) is 13.6. The van der Waals surface area contributed by atoms with Crippen LogP contribution in [0.5, 0.6) is 0 Å². The molecule has 7 nitrogen and oxygen atoms in total. The van der Waals surface area contributed by atoms with Gasteiger partial charge in [-0.3, -0.25) is 9.98 Å². The Kier molecular flexibility index (Phi) is 6.65. The molecular formula is C16H25N5O2. The number of hydrogen-bond acceptors (Lipinski definition) is 4. The number of nitrogens with two attached hydrogens (primary N) is 1. The Bertz CT molecular complexity index is 512. The number of piperidine rings is 1. The van der Waals surface area contributed by atoms with E-state index in [4.69, 9.17) is 10.5 Å². The van der Waals surface area contributed by atoms with Gasteiger partial charge < -0.3 is 20.7 Å². The Morgan fingerprint density at radius 3 is 2.91 bits per heavy atom. The third kappa shape index (κ3) is 5.77. The summed E-state index contributed by atoms with van der Waals surface area (Å²) in [6.45, 7) is 4.19. The molecule has 0 unspecified atom stereocenters. The molecule has 1 fully saturated rings. The normalized spacial score (nSPS) is 16.2. The van der Waals surface area contributed by atoms with Gasteiger partial charge in [0.05, 0.1) is 6.61 Å². The van der Waals surface area contributed by atoms with Gasteiger partial charge in [0.2, 0.25) is 0 Å². The number of likely N-dealkylation sites (tertiary alicyclic amines) is 1. The smallest absolute Gasteiger partial charge is 0.409 e. The van der Waals surface area contributed by atoms with Crippen LogP contribution in [0.15, 0.2) is 29.4 Å². The monoisotopic (exact) mass is 319 g/mol. The first-order valence-corrected chi connectivity index (χ1v) is 8.07. The van der Waals surface area contributed by atoms with Crippen molar-refractivity contribution >= 4 is 12.1 Å². The van der Waals surface area contributed by atoms with Gasteiger partial charge in [-0.2, -0.15) is 0 Å². The number of carbonyl (C=O) groups excluding carboxylic acids is 1. The maximum atomic E-state index is 11.6. The summed E-state index contributed by atoms with van der Waals surface area (Å²) in [5, 5.41) is 3.23. The lowest BCUT2D eigenvalue weighted by atomic mass is 10.1. The molecule has 2 rings (SSSR count). The van der Waals surface area contributed by atoms with Crippen molar-refractivity contribution < 1.29 is 9.53 Å². The Hall–Kier alpha value is -2.31. The molecule has 1 aromatic heterocycles. The van der Waals surface area contributed by atoms with Crippen LogP contribution < -0.4 is 11.1 Å². The SMILES string of the molecule is CCOC(=O)N1CCC(NC(N)=NCCc2ccccn2)CC1. The van der Waals surface area contributed by atoms with Crippen LogP contribution in [0.4, 0.5) is 4.79 Å². The molecular weight excluding hydrogens is 294 g/mol. The number of carbonyl (C=O) groups is 1. The summed E-state index contributed by atoms with van der Waals surface area (Å²) in [5.41, 5.74) is 6.93. The molecule has 7 heteroatoms. The second kappa shape index (κ2) is 8.97. The van der Waals surface area contributed by atoms with Gasteiger partial charge in [0, 0.05) is 44.0 Å². The number of nitrogens with zero attached hydrogens (tertiary/aromatic N) is 3. The summed E-state index contributed by atoms with van der Waals surface area (Å²) in [6, 6.07) is 6.08. The van der Waals surface area contributed by atoms with Gasteiger partial charge >= 0.3 is 6.09 Å². The minimum absolute atomic E-state index is 0.233. The number of pyridine rings is 1. The predicted molar refractivity (Wildman–Crippen MR) is 89.2 cm³/mol. The van der Waals surface area contributed by atoms with Crippen molar-refractivity contribution in [2.24, 2.45) is 10.7 Å². The van der Waals surface area contributed by atoms with E-state index < -0.39 is 0 Å². The fraction of sp³-hybridized carbons (Fsp3) is 0.562. The minimum atomic E-state index is -0.233. The van der Waals surface area contributed by atoms with Crippen LogP contribution >= 0.6 is 0 Å². The summed E-state index contributed by atoms with van der Waals surface area (Å²) in [5.74, 6) is 0.454. The zero-order valence-electron chi connectivity index (χ0n) is 13.6. The molecule has 1 aromatic rings. The van der Waals surface area contributed by atoms with Crippen molar-refractivity contribution in [2.75, 3.05) is 26.2 Å². The molecule has 0 aromatic carbocycles. The molecule has 1 amide bonds. The van der Waals surface area contributed by atoms with Gasteiger partial charge in [0.1, 0.15) is 0 Å². The third-order valence-electron chi connectivity index (χ3n) is 3.75. The van der Waals surface area contributed by atoms with E-state index in [2.05, 4.69) is 15.3 Å². The Balaban J connectivity index is 1.69. The van der Waals surface area contributed by atoms with Crippen molar-refractivity contribution in [3.63, 3.8) is 0 Å². The number of guanidine groups is 1. The lowest BCUT2D eigenvalue weighted by molar-refractivity contribution is 0.0963. The lowest BCUT2D eigenvalue weighted by Crippen LogP contribution is -2.48. The maximum Gasteiger partial charge on any atom is 0.409 e. The van der Waals surface area contributed by atoms with Crippen molar-refractivity contribution in [3.8, 4) is 0 Å². The van der Waals surface area contributed by atoms with Crippen molar-refractivity contribution in [3.05, 3.63) is 30.1 Å². The van der Waals surface area contributed by atoms with E-state index in [0.29, 0.717) is 32.2 Å². The predicted octanol–water partition coefficient (Wildman–Crippen LogP) is 1.15. The molecule has 3 N–H and O–H groups in total. The number of amides is 1. The maximum absolute atomic E-state index is 11.6. The van der Waals surface area contributed by atoms with E-state index in [1.807, 2.05) is 25.1 Å². The molecule has 0 radical (unpaired) electrons. The summed E-state index contributed by atoms with van der Waals surface area (Å²) in [7, 11) is 0. The fourth-order valence-corrected chi connectivity index (χ4v) is 2.51. The van der Waals surface area contributed by atoms with Gasteiger partial charge in [0.25, 0.3) is 0 Å². The fourth-order valence-electron chi connectivity index (χ4n) is 2.51. The number of aromatic nitrogens is 1. The highest BCUT2D eigenvalue weighted by molar-refractivity contribution is 5.78. The number of aliphatic imine (C=N–C) groups is 1.